The molecule has 0 saturated carbocycles. The Labute approximate surface area is 239 Å². The SMILES string of the molecule is Cc1cc(N2C(=S)N[C@@H](c3ccccn3)[C@@H]2c2cccn2-c2ccc3ccccc3c2)ccc1NC(=O)C(C)C. The number of carbonyl (C=O) groups is 1. The molecule has 5 aromatic rings. The van der Waals surface area contributed by atoms with Crippen LogP contribution in [0.1, 0.15) is 42.9 Å². The van der Waals surface area contributed by atoms with Gasteiger partial charge in [-0.3, -0.25) is 9.78 Å². The predicted molar refractivity (Wildman–Crippen MR) is 166 cm³/mol. The largest absolute Gasteiger partial charge is 0.351 e. The Kier molecular flexibility index (Phi) is 6.82. The summed E-state index contributed by atoms with van der Waals surface area (Å²) in [4.78, 5) is 19.2. The first-order valence-corrected chi connectivity index (χ1v) is 13.9. The van der Waals surface area contributed by atoms with Gasteiger partial charge in [0.2, 0.25) is 5.91 Å². The van der Waals surface area contributed by atoms with Crippen molar-refractivity contribution < 1.29 is 4.79 Å². The van der Waals surface area contributed by atoms with E-state index in [4.69, 9.17) is 17.2 Å². The van der Waals surface area contributed by atoms with Crippen molar-refractivity contribution in [3.8, 4) is 5.69 Å². The van der Waals surface area contributed by atoms with Crippen molar-refractivity contribution in [1.29, 1.82) is 0 Å². The Morgan fingerprint density at radius 3 is 2.45 bits per heavy atom. The molecule has 1 aliphatic heterocycles. The number of carbonyl (C=O) groups excluding carboxylic acids is 1. The highest BCUT2D eigenvalue weighted by molar-refractivity contribution is 7.80. The van der Waals surface area contributed by atoms with Crippen LogP contribution in [0.5, 0.6) is 0 Å². The summed E-state index contributed by atoms with van der Waals surface area (Å²) in [6.45, 7) is 5.79. The molecule has 2 N–H and O–H groups in total. The van der Waals surface area contributed by atoms with Crippen LogP contribution in [-0.4, -0.2) is 20.6 Å². The van der Waals surface area contributed by atoms with Gasteiger partial charge in [-0.1, -0.05) is 50.2 Å². The molecule has 1 aliphatic rings. The number of nitrogens with one attached hydrogen (secondary N) is 2. The van der Waals surface area contributed by atoms with Crippen LogP contribution in [-0.2, 0) is 4.79 Å². The van der Waals surface area contributed by atoms with E-state index >= 15 is 0 Å². The first kappa shape index (κ1) is 25.8. The van der Waals surface area contributed by atoms with Crippen molar-refractivity contribution in [2.45, 2.75) is 32.9 Å². The lowest BCUT2D eigenvalue weighted by Gasteiger charge is -2.29. The van der Waals surface area contributed by atoms with Crippen molar-refractivity contribution >= 4 is 45.4 Å². The highest BCUT2D eigenvalue weighted by Gasteiger charge is 2.42. The van der Waals surface area contributed by atoms with Crippen molar-refractivity contribution in [1.82, 2.24) is 14.9 Å². The average molecular weight is 546 g/mol. The second-order valence-electron chi connectivity index (χ2n) is 10.5. The van der Waals surface area contributed by atoms with E-state index in [1.54, 1.807) is 0 Å². The van der Waals surface area contributed by atoms with Crippen molar-refractivity contribution in [3.63, 3.8) is 0 Å². The van der Waals surface area contributed by atoms with Crippen LogP contribution >= 0.6 is 12.2 Å². The van der Waals surface area contributed by atoms with Gasteiger partial charge in [-0.2, -0.15) is 0 Å². The average Bonchev–Trinajstić information content (AvgIpc) is 3.58. The summed E-state index contributed by atoms with van der Waals surface area (Å²) in [7, 11) is 0. The maximum absolute atomic E-state index is 12.4. The number of fused-ring (bicyclic) bond motifs is 1. The smallest absolute Gasteiger partial charge is 0.226 e. The first-order chi connectivity index (χ1) is 19.4. The van der Waals surface area contributed by atoms with Crippen molar-refractivity contribution in [2.75, 3.05) is 10.2 Å². The molecule has 40 heavy (non-hydrogen) atoms. The van der Waals surface area contributed by atoms with Crippen molar-refractivity contribution in [2.24, 2.45) is 5.92 Å². The Balaban J connectivity index is 1.45. The Morgan fingerprint density at radius 1 is 0.925 bits per heavy atom. The number of aryl methyl sites for hydroxylation is 1. The van der Waals surface area contributed by atoms with Gasteiger partial charge in [-0.05, 0) is 90.1 Å². The number of benzene rings is 3. The monoisotopic (exact) mass is 545 g/mol. The minimum Gasteiger partial charge on any atom is -0.351 e. The summed E-state index contributed by atoms with van der Waals surface area (Å²) < 4.78 is 2.24. The molecule has 1 saturated heterocycles. The highest BCUT2D eigenvalue weighted by Crippen LogP contribution is 2.43. The normalized spacial score (nSPS) is 16.9. The molecule has 6 nitrogen and oxygen atoms in total. The molecule has 200 valence electrons. The van der Waals surface area contributed by atoms with Crippen LogP contribution in [0.25, 0.3) is 16.5 Å². The number of hydrogen-bond acceptors (Lipinski definition) is 3. The van der Waals surface area contributed by atoms with Gasteiger partial charge in [0.05, 0.1) is 11.7 Å². The van der Waals surface area contributed by atoms with Crippen LogP contribution in [0.4, 0.5) is 11.4 Å². The number of amides is 1. The number of hydrogen-bond donors (Lipinski definition) is 2. The van der Waals surface area contributed by atoms with Crippen LogP contribution in [0.3, 0.4) is 0 Å². The lowest BCUT2D eigenvalue weighted by molar-refractivity contribution is -0.118. The van der Waals surface area contributed by atoms with E-state index in [-0.39, 0.29) is 23.9 Å². The summed E-state index contributed by atoms with van der Waals surface area (Å²) in [5.41, 5.74) is 5.82. The lowest BCUT2D eigenvalue weighted by atomic mass is 10.00. The topological polar surface area (TPSA) is 62.2 Å². The molecule has 6 rings (SSSR count). The Hall–Kier alpha value is -4.49. The Morgan fingerprint density at radius 2 is 1.70 bits per heavy atom. The van der Waals surface area contributed by atoms with Crippen LogP contribution < -0.4 is 15.5 Å². The number of aromatic nitrogens is 2. The van der Waals surface area contributed by atoms with Crippen LogP contribution in [0.15, 0.2) is 103 Å². The maximum atomic E-state index is 12.4. The van der Waals surface area contributed by atoms with E-state index < -0.39 is 0 Å². The number of anilines is 2. The zero-order valence-electron chi connectivity index (χ0n) is 22.7. The fourth-order valence-electron chi connectivity index (χ4n) is 5.35. The molecule has 1 fully saturated rings. The number of rotatable bonds is 6. The standard InChI is InChI=1S/C33H31N5OS/c1-21(2)32(39)35-27-16-15-26(19-22(27)3)38-31(30(36-33(38)40)28-11-6-7-17-34-28)29-12-8-18-37(29)25-14-13-23-9-4-5-10-24(23)20-25/h4-21,30-31H,1-3H3,(H,35,39)(H,36,40)/t30-,31-/m0/s1. The summed E-state index contributed by atoms with van der Waals surface area (Å²) in [5, 5.41) is 9.62. The van der Waals surface area contributed by atoms with Gasteiger partial charge in [-0.25, -0.2) is 0 Å². The minimum absolute atomic E-state index is 0.00415. The number of thiocarbonyl (C=S) groups is 1. The van der Waals surface area contributed by atoms with Gasteiger partial charge < -0.3 is 20.1 Å². The van der Waals surface area contributed by atoms with Crippen LogP contribution in [0, 0.1) is 12.8 Å². The fourth-order valence-corrected chi connectivity index (χ4v) is 5.69. The molecular formula is C33H31N5OS. The van der Waals surface area contributed by atoms with Gasteiger partial charge in [0.15, 0.2) is 5.11 Å². The molecule has 0 bridgehead atoms. The third-order valence-electron chi connectivity index (χ3n) is 7.46. The molecule has 2 aromatic heterocycles. The second-order valence-corrected chi connectivity index (χ2v) is 10.9. The Bertz CT molecular complexity index is 1710. The minimum atomic E-state index is -0.167. The molecular weight excluding hydrogens is 514 g/mol. The summed E-state index contributed by atoms with van der Waals surface area (Å²) in [5.74, 6) is -0.101. The third-order valence-corrected chi connectivity index (χ3v) is 7.78. The molecule has 7 heteroatoms. The van der Waals surface area contributed by atoms with E-state index in [0.717, 1.165) is 34.0 Å². The highest BCUT2D eigenvalue weighted by atomic mass is 32.1. The molecule has 0 aliphatic carbocycles. The van der Waals surface area contributed by atoms with E-state index in [9.17, 15) is 4.79 Å². The molecule has 1 amide bonds. The molecule has 0 unspecified atom stereocenters. The van der Waals surface area contributed by atoms with Crippen molar-refractivity contribution in [3.05, 3.63) is 120 Å². The maximum Gasteiger partial charge on any atom is 0.226 e. The molecule has 0 spiro atoms. The number of nitrogens with zero attached hydrogens (tertiary/aromatic N) is 3. The first-order valence-electron chi connectivity index (χ1n) is 13.5. The number of pyridine rings is 1. The summed E-state index contributed by atoms with van der Waals surface area (Å²) >= 11 is 5.96. The van der Waals surface area contributed by atoms with Gasteiger partial charge >= 0.3 is 0 Å². The van der Waals surface area contributed by atoms with Gasteiger partial charge in [0, 0.05) is 41.1 Å². The fraction of sp³-hybridized carbons (Fsp3) is 0.182. The zero-order valence-corrected chi connectivity index (χ0v) is 23.5. The third kappa shape index (κ3) is 4.73. The predicted octanol–water partition coefficient (Wildman–Crippen LogP) is 7.11. The van der Waals surface area contributed by atoms with E-state index in [0.29, 0.717) is 5.11 Å². The van der Waals surface area contributed by atoms with Gasteiger partial charge in [0.25, 0.3) is 0 Å². The van der Waals surface area contributed by atoms with Crippen LogP contribution in [0.2, 0.25) is 0 Å². The molecule has 3 heterocycles. The summed E-state index contributed by atoms with van der Waals surface area (Å²) in [6.07, 6.45) is 3.92. The molecule has 3 aromatic carbocycles. The van der Waals surface area contributed by atoms with E-state index in [1.807, 2.05) is 57.3 Å². The van der Waals surface area contributed by atoms with E-state index in [1.165, 1.54) is 10.8 Å². The zero-order chi connectivity index (χ0) is 27.8. The second kappa shape index (κ2) is 10.6. The molecule has 2 atom stereocenters. The lowest BCUT2D eigenvalue weighted by Crippen LogP contribution is -2.30. The van der Waals surface area contributed by atoms with E-state index in [2.05, 4.69) is 87.0 Å². The van der Waals surface area contributed by atoms with Gasteiger partial charge in [-0.15, -0.1) is 0 Å². The summed E-state index contributed by atoms with van der Waals surface area (Å²) in [6, 6.07) is 30.9. The molecule has 0 radical (unpaired) electrons. The van der Waals surface area contributed by atoms with Gasteiger partial charge in [0.1, 0.15) is 6.04 Å². The quantitative estimate of drug-likeness (QED) is 0.223.